The molecule has 2 N–H and O–H groups in total. The molecular formula is C19H26N4O. The largest absolute Gasteiger partial charge is 0.352 e. The van der Waals surface area contributed by atoms with Gasteiger partial charge in [0.1, 0.15) is 0 Å². The number of hydrogen-bond donors (Lipinski definition) is 2. The van der Waals surface area contributed by atoms with Crippen molar-refractivity contribution in [1.29, 1.82) is 0 Å². The van der Waals surface area contributed by atoms with Crippen molar-refractivity contribution in [3.63, 3.8) is 0 Å². The maximum absolute atomic E-state index is 12.0. The van der Waals surface area contributed by atoms with E-state index >= 15 is 0 Å². The minimum absolute atomic E-state index is 0.163. The number of carbonyl (C=O) groups excluding carboxylic acids is 1. The van der Waals surface area contributed by atoms with E-state index in [0.717, 1.165) is 31.6 Å². The van der Waals surface area contributed by atoms with Crippen LogP contribution in [0.3, 0.4) is 0 Å². The first kappa shape index (κ1) is 16.7. The van der Waals surface area contributed by atoms with Crippen molar-refractivity contribution in [3.05, 3.63) is 54.1 Å². The molecule has 0 saturated carbocycles. The van der Waals surface area contributed by atoms with Gasteiger partial charge in [0.05, 0.1) is 6.33 Å². The molecule has 1 aromatic carbocycles. The number of imidazole rings is 1. The van der Waals surface area contributed by atoms with Crippen molar-refractivity contribution in [3.8, 4) is 0 Å². The number of aromatic nitrogens is 2. The van der Waals surface area contributed by atoms with E-state index in [4.69, 9.17) is 0 Å². The number of nitrogens with zero attached hydrogens (tertiary/aromatic N) is 2. The van der Waals surface area contributed by atoms with E-state index in [2.05, 4.69) is 39.9 Å². The first-order chi connectivity index (χ1) is 11.8. The van der Waals surface area contributed by atoms with Gasteiger partial charge in [0.25, 0.3) is 0 Å². The molecule has 1 amide bonds. The highest BCUT2D eigenvalue weighted by Gasteiger charge is 2.14. The Bertz CT molecular complexity index is 615. The Morgan fingerprint density at radius 1 is 1.21 bits per heavy atom. The summed E-state index contributed by atoms with van der Waals surface area (Å²) in [5.74, 6) is 0.871. The van der Waals surface area contributed by atoms with Crippen LogP contribution in [0.1, 0.15) is 36.8 Å². The zero-order valence-corrected chi connectivity index (χ0v) is 14.1. The third-order valence-corrected chi connectivity index (χ3v) is 4.68. The second-order valence-electron chi connectivity index (χ2n) is 6.56. The topological polar surface area (TPSA) is 59.0 Å². The summed E-state index contributed by atoms with van der Waals surface area (Å²) >= 11 is 0. The first-order valence-corrected chi connectivity index (χ1v) is 8.80. The first-order valence-electron chi connectivity index (χ1n) is 8.80. The molecule has 3 rings (SSSR count). The SMILES string of the molecule is O=C(CCC1CCNCC1)NCc1ccc(Cn2ccnc2)cc1. The van der Waals surface area contributed by atoms with Gasteiger partial charge in [0.15, 0.2) is 0 Å². The molecule has 0 bridgehead atoms. The minimum atomic E-state index is 0.163. The van der Waals surface area contributed by atoms with Crippen LogP contribution < -0.4 is 10.6 Å². The van der Waals surface area contributed by atoms with E-state index in [1.54, 1.807) is 6.20 Å². The van der Waals surface area contributed by atoms with Crippen LogP contribution in [0.25, 0.3) is 0 Å². The lowest BCUT2D eigenvalue weighted by Gasteiger charge is -2.22. The van der Waals surface area contributed by atoms with E-state index in [1.807, 2.05) is 17.1 Å². The maximum atomic E-state index is 12.0. The fourth-order valence-corrected chi connectivity index (χ4v) is 3.15. The fourth-order valence-electron chi connectivity index (χ4n) is 3.15. The summed E-state index contributed by atoms with van der Waals surface area (Å²) in [4.78, 5) is 16.0. The van der Waals surface area contributed by atoms with Crippen molar-refractivity contribution in [2.45, 2.75) is 38.8 Å². The van der Waals surface area contributed by atoms with E-state index < -0.39 is 0 Å². The summed E-state index contributed by atoms with van der Waals surface area (Å²) in [6, 6.07) is 8.38. The summed E-state index contributed by atoms with van der Waals surface area (Å²) in [6.07, 6.45) is 9.61. The Balaban J connectivity index is 1.38. The predicted molar refractivity (Wildman–Crippen MR) is 94.4 cm³/mol. The normalized spacial score (nSPS) is 15.3. The smallest absolute Gasteiger partial charge is 0.220 e. The van der Waals surface area contributed by atoms with Crippen LogP contribution in [0.4, 0.5) is 0 Å². The number of carbonyl (C=O) groups is 1. The molecular weight excluding hydrogens is 300 g/mol. The summed E-state index contributed by atoms with van der Waals surface area (Å²) in [5.41, 5.74) is 2.37. The van der Waals surface area contributed by atoms with Crippen LogP contribution in [0.15, 0.2) is 43.0 Å². The number of piperidine rings is 1. The van der Waals surface area contributed by atoms with Crippen molar-refractivity contribution in [2.75, 3.05) is 13.1 Å². The van der Waals surface area contributed by atoms with Crippen LogP contribution in [0, 0.1) is 5.92 Å². The summed E-state index contributed by atoms with van der Waals surface area (Å²) < 4.78 is 2.04. The number of benzene rings is 1. The average molecular weight is 326 g/mol. The van der Waals surface area contributed by atoms with Crippen LogP contribution in [0.2, 0.25) is 0 Å². The van der Waals surface area contributed by atoms with Crippen molar-refractivity contribution >= 4 is 5.91 Å². The van der Waals surface area contributed by atoms with Crippen LogP contribution in [-0.2, 0) is 17.9 Å². The molecule has 0 spiro atoms. The number of hydrogen-bond acceptors (Lipinski definition) is 3. The highest BCUT2D eigenvalue weighted by Crippen LogP contribution is 2.17. The van der Waals surface area contributed by atoms with Crippen LogP contribution in [0.5, 0.6) is 0 Å². The lowest BCUT2D eigenvalue weighted by molar-refractivity contribution is -0.121. The molecule has 24 heavy (non-hydrogen) atoms. The third-order valence-electron chi connectivity index (χ3n) is 4.68. The van der Waals surface area contributed by atoms with Gasteiger partial charge in [0, 0.05) is 31.9 Å². The zero-order chi connectivity index (χ0) is 16.6. The van der Waals surface area contributed by atoms with Gasteiger partial charge in [0.2, 0.25) is 5.91 Å². The molecule has 0 atom stereocenters. The van der Waals surface area contributed by atoms with Gasteiger partial charge in [-0.3, -0.25) is 4.79 Å². The Hall–Kier alpha value is -2.14. The Morgan fingerprint density at radius 2 is 1.96 bits per heavy atom. The predicted octanol–water partition coefficient (Wildman–Crippen LogP) is 2.33. The fraction of sp³-hybridized carbons (Fsp3) is 0.474. The van der Waals surface area contributed by atoms with E-state index in [-0.39, 0.29) is 5.91 Å². The summed E-state index contributed by atoms with van der Waals surface area (Å²) in [7, 11) is 0. The Morgan fingerprint density at radius 3 is 2.67 bits per heavy atom. The monoisotopic (exact) mass is 326 g/mol. The highest BCUT2D eigenvalue weighted by molar-refractivity contribution is 5.75. The van der Waals surface area contributed by atoms with Crippen molar-refractivity contribution in [1.82, 2.24) is 20.2 Å². The molecule has 128 valence electrons. The number of amides is 1. The summed E-state index contributed by atoms with van der Waals surface area (Å²) in [5, 5.41) is 6.40. The molecule has 2 aromatic rings. The molecule has 1 aliphatic heterocycles. The molecule has 0 aliphatic carbocycles. The minimum Gasteiger partial charge on any atom is -0.352 e. The lowest BCUT2D eigenvalue weighted by Crippen LogP contribution is -2.29. The molecule has 5 heteroatoms. The van der Waals surface area contributed by atoms with Gasteiger partial charge in [-0.1, -0.05) is 24.3 Å². The van der Waals surface area contributed by atoms with Gasteiger partial charge in [-0.05, 0) is 49.4 Å². The van der Waals surface area contributed by atoms with Gasteiger partial charge in [-0.15, -0.1) is 0 Å². The van der Waals surface area contributed by atoms with Crippen LogP contribution >= 0.6 is 0 Å². The molecule has 1 fully saturated rings. The van der Waals surface area contributed by atoms with E-state index in [1.165, 1.54) is 18.4 Å². The molecule has 0 unspecified atom stereocenters. The third kappa shape index (κ3) is 5.20. The number of nitrogens with one attached hydrogen (secondary N) is 2. The second kappa shape index (κ2) is 8.64. The van der Waals surface area contributed by atoms with E-state index in [9.17, 15) is 4.79 Å². The quantitative estimate of drug-likeness (QED) is 0.821. The Labute approximate surface area is 143 Å². The van der Waals surface area contributed by atoms with Gasteiger partial charge in [-0.2, -0.15) is 0 Å². The molecule has 2 heterocycles. The molecule has 1 saturated heterocycles. The van der Waals surface area contributed by atoms with Gasteiger partial charge >= 0.3 is 0 Å². The molecule has 5 nitrogen and oxygen atoms in total. The van der Waals surface area contributed by atoms with Crippen molar-refractivity contribution < 1.29 is 4.79 Å². The maximum Gasteiger partial charge on any atom is 0.220 e. The van der Waals surface area contributed by atoms with Gasteiger partial charge < -0.3 is 15.2 Å². The lowest BCUT2D eigenvalue weighted by atomic mass is 9.93. The average Bonchev–Trinajstić information content (AvgIpc) is 3.13. The van der Waals surface area contributed by atoms with Crippen LogP contribution in [-0.4, -0.2) is 28.5 Å². The molecule has 1 aromatic heterocycles. The highest BCUT2D eigenvalue weighted by atomic mass is 16.1. The molecule has 0 radical (unpaired) electrons. The summed E-state index contributed by atoms with van der Waals surface area (Å²) in [6.45, 7) is 3.62. The number of rotatable bonds is 7. The second-order valence-corrected chi connectivity index (χ2v) is 6.56. The van der Waals surface area contributed by atoms with E-state index in [0.29, 0.717) is 18.9 Å². The Kier molecular flexibility index (Phi) is 6.01. The van der Waals surface area contributed by atoms with Crippen molar-refractivity contribution in [2.24, 2.45) is 5.92 Å². The van der Waals surface area contributed by atoms with Gasteiger partial charge in [-0.25, -0.2) is 4.98 Å². The molecule has 1 aliphatic rings. The zero-order valence-electron chi connectivity index (χ0n) is 14.1. The standard InChI is InChI=1S/C19H26N4O/c24-19(6-5-16-7-9-20-10-8-16)22-13-17-1-3-18(4-2-17)14-23-12-11-21-15-23/h1-4,11-12,15-16,20H,5-10,13-14H2,(H,22,24).